The first-order valence-corrected chi connectivity index (χ1v) is 7.31. The molecular formula is C14H19ClN4O2. The maximum Gasteiger partial charge on any atom is 0.270 e. The number of amides is 2. The number of hydrogen-bond donors (Lipinski definition) is 2. The lowest BCUT2D eigenvalue weighted by Gasteiger charge is -2.31. The van der Waals surface area contributed by atoms with Crippen molar-refractivity contribution in [2.24, 2.45) is 0 Å². The zero-order valence-corrected chi connectivity index (χ0v) is 12.7. The topological polar surface area (TPSA) is 74.3 Å². The maximum atomic E-state index is 12.1. The molecule has 0 aliphatic carbocycles. The minimum absolute atomic E-state index is 0.0145. The van der Waals surface area contributed by atoms with Gasteiger partial charge in [-0.25, -0.2) is 0 Å². The fraction of sp³-hybridized carbons (Fsp3) is 0.500. The summed E-state index contributed by atoms with van der Waals surface area (Å²) in [6.45, 7) is 2.00. The van der Waals surface area contributed by atoms with Gasteiger partial charge in [-0.2, -0.15) is 0 Å². The molecule has 0 bridgehead atoms. The van der Waals surface area contributed by atoms with E-state index in [2.05, 4.69) is 20.5 Å². The first kappa shape index (κ1) is 15.7. The molecule has 0 unspecified atom stereocenters. The van der Waals surface area contributed by atoms with Crippen LogP contribution in [0.2, 0.25) is 5.02 Å². The van der Waals surface area contributed by atoms with Crippen molar-refractivity contribution in [1.29, 1.82) is 0 Å². The summed E-state index contributed by atoms with van der Waals surface area (Å²) in [7, 11) is 1.63. The Balaban J connectivity index is 1.81. The summed E-state index contributed by atoms with van der Waals surface area (Å²) in [5.74, 6) is -0.192. The number of carbonyl (C=O) groups is 2. The Labute approximate surface area is 128 Å². The van der Waals surface area contributed by atoms with Gasteiger partial charge in [-0.3, -0.25) is 19.5 Å². The quantitative estimate of drug-likeness (QED) is 0.857. The van der Waals surface area contributed by atoms with Gasteiger partial charge in [-0.15, -0.1) is 0 Å². The molecule has 0 radical (unpaired) electrons. The molecule has 21 heavy (non-hydrogen) atoms. The van der Waals surface area contributed by atoms with E-state index in [-0.39, 0.29) is 17.9 Å². The van der Waals surface area contributed by atoms with Crippen LogP contribution in [0.5, 0.6) is 0 Å². The number of hydrogen-bond acceptors (Lipinski definition) is 4. The predicted molar refractivity (Wildman–Crippen MR) is 80.2 cm³/mol. The highest BCUT2D eigenvalue weighted by molar-refractivity contribution is 6.30. The van der Waals surface area contributed by atoms with Gasteiger partial charge in [0.25, 0.3) is 5.91 Å². The van der Waals surface area contributed by atoms with E-state index in [1.54, 1.807) is 19.2 Å². The summed E-state index contributed by atoms with van der Waals surface area (Å²) in [6.07, 6.45) is 3.16. The first-order valence-electron chi connectivity index (χ1n) is 6.94. The van der Waals surface area contributed by atoms with Gasteiger partial charge in [0, 0.05) is 37.4 Å². The molecule has 6 nitrogen and oxygen atoms in total. The molecule has 0 aromatic carbocycles. The van der Waals surface area contributed by atoms with Crippen LogP contribution >= 0.6 is 11.6 Å². The Morgan fingerprint density at radius 3 is 2.76 bits per heavy atom. The average Bonchev–Trinajstić information content (AvgIpc) is 2.49. The molecule has 1 aliphatic rings. The molecule has 0 atom stereocenters. The Kier molecular flexibility index (Phi) is 5.52. The van der Waals surface area contributed by atoms with Crippen LogP contribution in [0.3, 0.4) is 0 Å². The number of nitrogens with one attached hydrogen (secondary N) is 2. The summed E-state index contributed by atoms with van der Waals surface area (Å²) in [4.78, 5) is 29.5. The molecule has 2 heterocycles. The van der Waals surface area contributed by atoms with Crippen molar-refractivity contribution in [2.75, 3.05) is 26.7 Å². The van der Waals surface area contributed by atoms with E-state index in [9.17, 15) is 9.59 Å². The second-order valence-electron chi connectivity index (χ2n) is 5.06. The van der Waals surface area contributed by atoms with Crippen LogP contribution in [0.25, 0.3) is 0 Å². The fourth-order valence-electron chi connectivity index (χ4n) is 2.31. The summed E-state index contributed by atoms with van der Waals surface area (Å²) in [5, 5.41) is 6.07. The molecule has 7 heteroatoms. The number of rotatable bonds is 4. The van der Waals surface area contributed by atoms with Gasteiger partial charge >= 0.3 is 0 Å². The van der Waals surface area contributed by atoms with E-state index < -0.39 is 0 Å². The third-order valence-electron chi connectivity index (χ3n) is 3.52. The van der Waals surface area contributed by atoms with Gasteiger partial charge < -0.3 is 10.6 Å². The molecule has 2 rings (SSSR count). The van der Waals surface area contributed by atoms with Gasteiger partial charge in [0.15, 0.2) is 0 Å². The zero-order valence-electron chi connectivity index (χ0n) is 11.9. The number of piperidine rings is 1. The molecule has 2 N–H and O–H groups in total. The largest absolute Gasteiger partial charge is 0.358 e. The molecule has 2 amide bonds. The highest BCUT2D eigenvalue weighted by Crippen LogP contribution is 2.12. The lowest BCUT2D eigenvalue weighted by atomic mass is 10.0. The molecule has 1 saturated heterocycles. The minimum Gasteiger partial charge on any atom is -0.358 e. The van der Waals surface area contributed by atoms with Gasteiger partial charge in [-0.1, -0.05) is 11.6 Å². The first-order chi connectivity index (χ1) is 10.1. The van der Waals surface area contributed by atoms with E-state index in [1.165, 1.54) is 6.20 Å². The van der Waals surface area contributed by atoms with E-state index in [1.807, 2.05) is 0 Å². The minimum atomic E-state index is -0.206. The monoisotopic (exact) mass is 310 g/mol. The number of likely N-dealkylation sites (N-methyl/N-ethyl adjacent to an activating group) is 1. The molecule has 0 spiro atoms. The molecule has 1 fully saturated rings. The van der Waals surface area contributed by atoms with Crippen LogP contribution in [0.1, 0.15) is 23.3 Å². The number of aromatic nitrogens is 1. The summed E-state index contributed by atoms with van der Waals surface area (Å²) in [6, 6.07) is 3.30. The van der Waals surface area contributed by atoms with Gasteiger partial charge in [0.05, 0.1) is 6.54 Å². The van der Waals surface area contributed by atoms with Crippen molar-refractivity contribution in [3.8, 4) is 0 Å². The van der Waals surface area contributed by atoms with Crippen molar-refractivity contribution in [3.05, 3.63) is 29.0 Å². The van der Waals surface area contributed by atoms with Crippen LogP contribution in [0.15, 0.2) is 18.3 Å². The second kappa shape index (κ2) is 7.38. The lowest BCUT2D eigenvalue weighted by Crippen LogP contribution is -2.47. The summed E-state index contributed by atoms with van der Waals surface area (Å²) < 4.78 is 0. The lowest BCUT2D eigenvalue weighted by molar-refractivity contribution is -0.122. The van der Waals surface area contributed by atoms with Crippen LogP contribution in [-0.4, -0.2) is 54.4 Å². The Bertz CT molecular complexity index is 515. The Hall–Kier alpha value is -1.66. The SMILES string of the molecule is CNC(=O)CN1CCC(NC(=O)c2cc(Cl)ccn2)CC1. The summed E-state index contributed by atoms with van der Waals surface area (Å²) in [5.41, 5.74) is 0.329. The smallest absolute Gasteiger partial charge is 0.270 e. The van der Waals surface area contributed by atoms with E-state index in [0.29, 0.717) is 17.3 Å². The molecule has 114 valence electrons. The van der Waals surface area contributed by atoms with E-state index in [4.69, 9.17) is 11.6 Å². The predicted octanol–water partition coefficient (Wildman–Crippen LogP) is 0.675. The Morgan fingerprint density at radius 1 is 1.43 bits per heavy atom. The Morgan fingerprint density at radius 2 is 2.14 bits per heavy atom. The number of halogens is 1. The number of pyridine rings is 1. The van der Waals surface area contributed by atoms with Crippen molar-refractivity contribution < 1.29 is 9.59 Å². The summed E-state index contributed by atoms with van der Waals surface area (Å²) >= 11 is 5.85. The van der Waals surface area contributed by atoms with Crippen LogP contribution in [0.4, 0.5) is 0 Å². The standard InChI is InChI=1S/C14H19ClN4O2/c1-16-13(20)9-19-6-3-11(4-7-19)18-14(21)12-8-10(15)2-5-17-12/h2,5,8,11H,3-4,6-7,9H2,1H3,(H,16,20)(H,18,21). The second-order valence-corrected chi connectivity index (χ2v) is 5.49. The van der Waals surface area contributed by atoms with Gasteiger partial charge in [0.1, 0.15) is 5.69 Å². The molecule has 1 aromatic rings. The molecule has 0 saturated carbocycles. The van der Waals surface area contributed by atoms with Crippen molar-refractivity contribution in [1.82, 2.24) is 20.5 Å². The van der Waals surface area contributed by atoms with Crippen molar-refractivity contribution in [3.63, 3.8) is 0 Å². The van der Waals surface area contributed by atoms with Crippen LogP contribution in [-0.2, 0) is 4.79 Å². The third kappa shape index (κ3) is 4.68. The van der Waals surface area contributed by atoms with E-state index >= 15 is 0 Å². The molecule has 1 aromatic heterocycles. The van der Waals surface area contributed by atoms with Gasteiger partial charge in [-0.05, 0) is 25.0 Å². The van der Waals surface area contributed by atoms with Gasteiger partial charge in [0.2, 0.25) is 5.91 Å². The number of carbonyl (C=O) groups excluding carboxylic acids is 2. The third-order valence-corrected chi connectivity index (χ3v) is 3.76. The normalized spacial score (nSPS) is 16.5. The fourth-order valence-corrected chi connectivity index (χ4v) is 2.47. The van der Waals surface area contributed by atoms with E-state index in [0.717, 1.165) is 25.9 Å². The van der Waals surface area contributed by atoms with Crippen molar-refractivity contribution >= 4 is 23.4 Å². The highest BCUT2D eigenvalue weighted by Gasteiger charge is 2.22. The van der Waals surface area contributed by atoms with Crippen LogP contribution in [0, 0.1) is 0 Å². The molecule has 1 aliphatic heterocycles. The van der Waals surface area contributed by atoms with Crippen molar-refractivity contribution in [2.45, 2.75) is 18.9 Å². The maximum absolute atomic E-state index is 12.1. The highest BCUT2D eigenvalue weighted by atomic mass is 35.5. The zero-order chi connectivity index (χ0) is 15.2. The number of nitrogens with zero attached hydrogens (tertiary/aromatic N) is 2. The van der Waals surface area contributed by atoms with Crippen LogP contribution < -0.4 is 10.6 Å². The molecular weight excluding hydrogens is 292 g/mol. The number of likely N-dealkylation sites (tertiary alicyclic amines) is 1. The average molecular weight is 311 g/mol.